The number of amides is 2. The number of anilines is 1. The average molecular weight is 431 g/mol. The summed E-state index contributed by atoms with van der Waals surface area (Å²) in [5.74, 6) is 0.135. The van der Waals surface area contributed by atoms with E-state index in [1.54, 1.807) is 35.6 Å². The van der Waals surface area contributed by atoms with Gasteiger partial charge in [0.05, 0.1) is 22.9 Å². The van der Waals surface area contributed by atoms with Crippen LogP contribution in [-0.2, 0) is 9.59 Å². The van der Waals surface area contributed by atoms with Crippen molar-refractivity contribution in [2.24, 2.45) is 15.9 Å². The van der Waals surface area contributed by atoms with E-state index in [0.717, 1.165) is 28.8 Å². The van der Waals surface area contributed by atoms with Crippen LogP contribution in [0.5, 0.6) is 5.75 Å². The number of thiophene rings is 1. The van der Waals surface area contributed by atoms with Gasteiger partial charge in [-0.05, 0) is 49.1 Å². The number of nitrogens with zero attached hydrogens (tertiary/aromatic N) is 3. The third kappa shape index (κ3) is 5.24. The second-order valence-corrected chi connectivity index (χ2v) is 8.49. The lowest BCUT2D eigenvalue weighted by atomic mass is 10.3. The first-order valence-electron chi connectivity index (χ1n) is 9.17. The number of carbonyl (C=O) groups is 2. The molecule has 1 saturated heterocycles. The largest absolute Gasteiger partial charge is 0.494 e. The molecule has 2 heterocycles. The maximum atomic E-state index is 12.7. The molecule has 1 aromatic carbocycles. The predicted molar refractivity (Wildman–Crippen MR) is 119 cm³/mol. The lowest BCUT2D eigenvalue weighted by molar-refractivity contribution is -0.121. The first kappa shape index (κ1) is 21.1. The van der Waals surface area contributed by atoms with E-state index in [1.807, 2.05) is 31.4 Å². The molecule has 2 amide bonds. The van der Waals surface area contributed by atoms with Crippen molar-refractivity contribution in [3.05, 3.63) is 46.7 Å². The number of hydrogen-bond acceptors (Lipinski definition) is 7. The van der Waals surface area contributed by atoms with Gasteiger partial charge >= 0.3 is 0 Å². The topological polar surface area (TPSA) is 97.3 Å². The molecule has 0 radical (unpaired) electrons. The molecular weight excluding hydrogens is 408 g/mol. The molecule has 29 heavy (non-hydrogen) atoms. The van der Waals surface area contributed by atoms with Crippen molar-refractivity contribution in [2.75, 3.05) is 11.5 Å². The third-order valence-corrected chi connectivity index (χ3v) is 6.07. The smallest absolute Gasteiger partial charge is 0.247 e. The van der Waals surface area contributed by atoms with Crippen LogP contribution in [0.2, 0.25) is 0 Å². The zero-order chi connectivity index (χ0) is 20.8. The Labute approximate surface area is 177 Å². The second-order valence-electron chi connectivity index (χ2n) is 6.32. The fraction of sp³-hybridized carbons (Fsp3) is 0.300. The molecule has 2 N–H and O–H groups in total. The Bertz CT molecular complexity index is 924. The molecule has 1 aliphatic rings. The van der Waals surface area contributed by atoms with Gasteiger partial charge in [-0.15, -0.1) is 16.4 Å². The summed E-state index contributed by atoms with van der Waals surface area (Å²) in [5, 5.41) is 9.60. The van der Waals surface area contributed by atoms with Gasteiger partial charge < -0.3 is 10.5 Å². The van der Waals surface area contributed by atoms with E-state index in [0.29, 0.717) is 18.0 Å². The maximum absolute atomic E-state index is 12.7. The fourth-order valence-corrected chi connectivity index (χ4v) is 4.19. The van der Waals surface area contributed by atoms with Gasteiger partial charge in [0.25, 0.3) is 0 Å². The van der Waals surface area contributed by atoms with E-state index in [4.69, 9.17) is 10.5 Å². The van der Waals surface area contributed by atoms with Gasteiger partial charge in [-0.25, -0.2) is 4.90 Å². The summed E-state index contributed by atoms with van der Waals surface area (Å²) in [7, 11) is 0. The highest BCUT2D eigenvalue weighted by Gasteiger charge is 2.40. The first-order valence-corrected chi connectivity index (χ1v) is 10.9. The Morgan fingerprint density at radius 2 is 2.03 bits per heavy atom. The van der Waals surface area contributed by atoms with Crippen molar-refractivity contribution in [3.8, 4) is 5.75 Å². The van der Waals surface area contributed by atoms with Gasteiger partial charge in [-0.1, -0.05) is 24.8 Å². The van der Waals surface area contributed by atoms with Gasteiger partial charge in [0.15, 0.2) is 5.17 Å². The summed E-state index contributed by atoms with van der Waals surface area (Å²) in [6.45, 7) is 4.48. The number of carbonyl (C=O) groups excluding carboxylic acids is 2. The lowest BCUT2D eigenvalue weighted by Crippen LogP contribution is -2.31. The molecule has 1 fully saturated rings. The highest BCUT2D eigenvalue weighted by Crippen LogP contribution is 2.30. The van der Waals surface area contributed by atoms with Crippen molar-refractivity contribution in [2.45, 2.75) is 31.9 Å². The van der Waals surface area contributed by atoms with Crippen LogP contribution in [-0.4, -0.2) is 34.6 Å². The first-order chi connectivity index (χ1) is 14.0. The van der Waals surface area contributed by atoms with Crippen LogP contribution in [0.3, 0.4) is 0 Å². The molecule has 3 rings (SSSR count). The number of imide groups is 1. The third-order valence-electron chi connectivity index (χ3n) is 4.11. The van der Waals surface area contributed by atoms with E-state index in [1.165, 1.54) is 4.90 Å². The minimum absolute atomic E-state index is 0.0709. The van der Waals surface area contributed by atoms with Crippen LogP contribution in [0.25, 0.3) is 0 Å². The van der Waals surface area contributed by atoms with Gasteiger partial charge in [-0.3, -0.25) is 9.59 Å². The quantitative estimate of drug-likeness (QED) is 0.313. The Kier molecular flexibility index (Phi) is 7.05. The molecule has 152 valence electrons. The predicted octanol–water partition coefficient (Wildman–Crippen LogP) is 3.64. The summed E-state index contributed by atoms with van der Waals surface area (Å²) in [4.78, 5) is 27.3. The molecule has 2 aromatic rings. The average Bonchev–Trinajstić information content (AvgIpc) is 3.34. The molecular formula is C20H22N4O3S2. The van der Waals surface area contributed by atoms with E-state index >= 15 is 0 Å². The molecule has 0 aliphatic carbocycles. The number of rotatable bonds is 7. The number of benzene rings is 1. The Hall–Kier alpha value is -2.65. The summed E-state index contributed by atoms with van der Waals surface area (Å²) in [6, 6.07) is 10.8. The minimum atomic E-state index is -0.612. The van der Waals surface area contributed by atoms with Gasteiger partial charge in [0.1, 0.15) is 11.0 Å². The van der Waals surface area contributed by atoms with Crippen molar-refractivity contribution in [3.63, 3.8) is 0 Å². The Balaban J connectivity index is 1.65. The van der Waals surface area contributed by atoms with Gasteiger partial charge in [-0.2, -0.15) is 5.10 Å². The van der Waals surface area contributed by atoms with Crippen LogP contribution in [0, 0.1) is 0 Å². The normalized spacial score (nSPS) is 17.9. The number of hydrogen-bond donors (Lipinski definition) is 1. The van der Waals surface area contributed by atoms with Crippen LogP contribution < -0.4 is 15.4 Å². The summed E-state index contributed by atoms with van der Waals surface area (Å²) < 4.78 is 5.54. The van der Waals surface area contributed by atoms with Gasteiger partial charge in [0, 0.05) is 6.42 Å². The van der Waals surface area contributed by atoms with Crippen LogP contribution in [0.4, 0.5) is 5.69 Å². The molecule has 0 bridgehead atoms. The Morgan fingerprint density at radius 1 is 1.28 bits per heavy atom. The standard InChI is InChI=1S/C20H22N4O3S2/c1-3-10-27-15-8-6-14(7-9-15)24-18(25)12-17(19(24)26)29-20(21)23-22-13(2)16-5-4-11-28-16/h4-9,11,17H,3,10,12H2,1-2H3,(H2,21,23)/b22-13-. The number of nitrogens with two attached hydrogens (primary N) is 1. The summed E-state index contributed by atoms with van der Waals surface area (Å²) in [6.07, 6.45) is 0.977. The number of ether oxygens (including phenoxy) is 1. The highest BCUT2D eigenvalue weighted by molar-refractivity contribution is 8.14. The molecule has 1 aliphatic heterocycles. The lowest BCUT2D eigenvalue weighted by Gasteiger charge is -2.15. The second kappa shape index (κ2) is 9.71. The van der Waals surface area contributed by atoms with Crippen LogP contribution >= 0.6 is 23.1 Å². The number of thioether (sulfide) groups is 1. The zero-order valence-electron chi connectivity index (χ0n) is 16.2. The minimum Gasteiger partial charge on any atom is -0.494 e. The van der Waals surface area contributed by atoms with Gasteiger partial charge in [0.2, 0.25) is 11.8 Å². The maximum Gasteiger partial charge on any atom is 0.247 e. The van der Waals surface area contributed by atoms with E-state index in [-0.39, 0.29) is 23.4 Å². The van der Waals surface area contributed by atoms with Crippen molar-refractivity contribution < 1.29 is 14.3 Å². The van der Waals surface area contributed by atoms with E-state index < -0.39 is 5.25 Å². The summed E-state index contributed by atoms with van der Waals surface area (Å²) in [5.41, 5.74) is 7.19. The monoisotopic (exact) mass is 430 g/mol. The molecule has 7 nitrogen and oxygen atoms in total. The number of amidine groups is 1. The zero-order valence-corrected chi connectivity index (χ0v) is 17.8. The Morgan fingerprint density at radius 3 is 2.69 bits per heavy atom. The molecule has 9 heteroatoms. The van der Waals surface area contributed by atoms with Crippen molar-refractivity contribution in [1.82, 2.24) is 0 Å². The van der Waals surface area contributed by atoms with E-state index in [2.05, 4.69) is 10.2 Å². The molecule has 0 saturated carbocycles. The van der Waals surface area contributed by atoms with Crippen LogP contribution in [0.15, 0.2) is 52.0 Å². The molecule has 1 aromatic heterocycles. The molecule has 1 atom stereocenters. The van der Waals surface area contributed by atoms with Crippen molar-refractivity contribution in [1.29, 1.82) is 0 Å². The summed E-state index contributed by atoms with van der Waals surface area (Å²) >= 11 is 2.62. The highest BCUT2D eigenvalue weighted by atomic mass is 32.2. The van der Waals surface area contributed by atoms with E-state index in [9.17, 15) is 9.59 Å². The molecule has 1 unspecified atom stereocenters. The SMILES string of the molecule is CCCOc1ccc(N2C(=O)CC(S/C(N)=N/N=C(/C)c3cccs3)C2=O)cc1. The van der Waals surface area contributed by atoms with Crippen LogP contribution in [0.1, 0.15) is 31.6 Å². The molecule has 0 spiro atoms. The van der Waals surface area contributed by atoms with Crippen molar-refractivity contribution >= 4 is 51.5 Å². The fourth-order valence-electron chi connectivity index (χ4n) is 2.71.